The van der Waals surface area contributed by atoms with E-state index in [1.54, 1.807) is 0 Å². The summed E-state index contributed by atoms with van der Waals surface area (Å²) < 4.78 is 6.16. The number of allylic oxidation sites excluding steroid dienone is 2. The molecule has 1 aliphatic heterocycles. The summed E-state index contributed by atoms with van der Waals surface area (Å²) in [5.41, 5.74) is 5.32. The summed E-state index contributed by atoms with van der Waals surface area (Å²) in [7, 11) is 0. The molecule has 0 fully saturated rings. The van der Waals surface area contributed by atoms with Crippen LogP contribution in [0.5, 0.6) is 0 Å². The molecule has 1 aliphatic rings. The first kappa shape index (κ1) is 13.0. The Morgan fingerprint density at radius 3 is 2.77 bits per heavy atom. The number of hydrogen-bond donors (Lipinski definition) is 1. The van der Waals surface area contributed by atoms with Crippen LogP contribution >= 0.6 is 0 Å². The third-order valence-corrected chi connectivity index (χ3v) is 4.19. The molecule has 0 amide bonds. The minimum Gasteiger partial charge on any atom is -0.456 e. The van der Waals surface area contributed by atoms with Crippen molar-refractivity contribution in [3.63, 3.8) is 0 Å². The standard InChI is InChI=1S/C20H17NO/c1-3-14-9-10-16-15-6-4-5-7-18(15)22-20(16)19(14)17-11-8-13(2)12-21-17/h3-12,17,21H,1H2,2H3. The van der Waals surface area contributed by atoms with Crippen LogP contribution in [-0.4, -0.2) is 0 Å². The second-order valence-electron chi connectivity index (χ2n) is 5.64. The average Bonchev–Trinajstić information content (AvgIpc) is 2.93. The van der Waals surface area contributed by atoms with E-state index in [4.69, 9.17) is 4.42 Å². The van der Waals surface area contributed by atoms with Crippen LogP contribution in [0.3, 0.4) is 0 Å². The maximum atomic E-state index is 6.16. The third-order valence-electron chi connectivity index (χ3n) is 4.19. The monoisotopic (exact) mass is 287 g/mol. The first-order chi connectivity index (χ1) is 10.8. The average molecular weight is 287 g/mol. The summed E-state index contributed by atoms with van der Waals surface area (Å²) >= 11 is 0. The molecule has 0 aliphatic carbocycles. The molecular formula is C20H17NO. The number of benzene rings is 2. The minimum atomic E-state index is 0.0981. The highest BCUT2D eigenvalue weighted by Gasteiger charge is 2.19. The number of dihydropyridines is 1. The Morgan fingerprint density at radius 2 is 2.00 bits per heavy atom. The van der Waals surface area contributed by atoms with Gasteiger partial charge >= 0.3 is 0 Å². The highest BCUT2D eigenvalue weighted by atomic mass is 16.3. The zero-order chi connectivity index (χ0) is 15.1. The first-order valence-corrected chi connectivity index (χ1v) is 7.45. The summed E-state index contributed by atoms with van der Waals surface area (Å²) in [5, 5.41) is 5.74. The van der Waals surface area contributed by atoms with Gasteiger partial charge in [-0.05, 0) is 30.2 Å². The second-order valence-corrected chi connectivity index (χ2v) is 5.64. The number of furan rings is 1. The van der Waals surface area contributed by atoms with Gasteiger partial charge in [-0.2, -0.15) is 0 Å². The molecule has 108 valence electrons. The van der Waals surface area contributed by atoms with Crippen LogP contribution < -0.4 is 5.32 Å². The van der Waals surface area contributed by atoms with E-state index in [1.807, 2.05) is 30.5 Å². The quantitative estimate of drug-likeness (QED) is 0.689. The van der Waals surface area contributed by atoms with E-state index in [-0.39, 0.29) is 6.04 Å². The third kappa shape index (κ3) is 1.88. The molecule has 0 bridgehead atoms. The minimum absolute atomic E-state index is 0.0981. The Morgan fingerprint density at radius 1 is 1.14 bits per heavy atom. The van der Waals surface area contributed by atoms with E-state index in [1.165, 1.54) is 5.57 Å². The molecule has 2 nitrogen and oxygen atoms in total. The molecule has 22 heavy (non-hydrogen) atoms. The van der Waals surface area contributed by atoms with Crippen LogP contribution in [0.15, 0.2) is 71.3 Å². The SMILES string of the molecule is C=Cc1ccc2c(oc3ccccc32)c1C1C=CC(C)=CN1. The van der Waals surface area contributed by atoms with Crippen molar-refractivity contribution < 1.29 is 4.42 Å². The fourth-order valence-electron chi connectivity index (χ4n) is 3.08. The number of hydrogen-bond acceptors (Lipinski definition) is 2. The molecule has 4 rings (SSSR count). The van der Waals surface area contributed by atoms with Gasteiger partial charge in [0.1, 0.15) is 11.2 Å². The van der Waals surface area contributed by atoms with Gasteiger partial charge in [0.15, 0.2) is 0 Å². The van der Waals surface area contributed by atoms with Crippen LogP contribution in [0.2, 0.25) is 0 Å². The summed E-state index contributed by atoms with van der Waals surface area (Å²) in [5.74, 6) is 0. The highest BCUT2D eigenvalue weighted by Crippen LogP contribution is 2.36. The molecule has 1 N–H and O–H groups in total. The Kier molecular flexibility index (Phi) is 2.90. The van der Waals surface area contributed by atoms with Crippen molar-refractivity contribution in [1.29, 1.82) is 0 Å². The van der Waals surface area contributed by atoms with E-state index in [0.29, 0.717) is 0 Å². The van der Waals surface area contributed by atoms with Crippen molar-refractivity contribution in [2.75, 3.05) is 0 Å². The van der Waals surface area contributed by atoms with Crippen molar-refractivity contribution in [2.45, 2.75) is 13.0 Å². The van der Waals surface area contributed by atoms with Gasteiger partial charge in [0.2, 0.25) is 0 Å². The smallest absolute Gasteiger partial charge is 0.141 e. The maximum Gasteiger partial charge on any atom is 0.141 e. The lowest BCUT2D eigenvalue weighted by atomic mass is 9.95. The topological polar surface area (TPSA) is 25.2 Å². The number of nitrogens with one attached hydrogen (secondary N) is 1. The largest absolute Gasteiger partial charge is 0.456 e. The fraction of sp³-hybridized carbons (Fsp3) is 0.100. The highest BCUT2D eigenvalue weighted by molar-refractivity contribution is 6.06. The molecule has 1 unspecified atom stereocenters. The van der Waals surface area contributed by atoms with Crippen LogP contribution in [-0.2, 0) is 0 Å². The summed E-state index contributed by atoms with van der Waals surface area (Å²) in [6, 6.07) is 12.5. The van der Waals surface area contributed by atoms with E-state index in [2.05, 4.69) is 49.2 Å². The molecular weight excluding hydrogens is 270 g/mol. The van der Waals surface area contributed by atoms with E-state index in [9.17, 15) is 0 Å². The molecule has 0 saturated carbocycles. The van der Waals surface area contributed by atoms with Gasteiger partial charge < -0.3 is 9.73 Å². The normalized spacial score (nSPS) is 17.5. The van der Waals surface area contributed by atoms with Crippen molar-refractivity contribution >= 4 is 28.0 Å². The number of rotatable bonds is 2. The summed E-state index contributed by atoms with van der Waals surface area (Å²) in [4.78, 5) is 0. The summed E-state index contributed by atoms with van der Waals surface area (Å²) in [6.45, 7) is 6.03. The molecule has 2 heterocycles. The van der Waals surface area contributed by atoms with Crippen LogP contribution in [0, 0.1) is 0 Å². The predicted octanol–water partition coefficient (Wildman–Crippen LogP) is 5.33. The van der Waals surface area contributed by atoms with Gasteiger partial charge in [0.05, 0.1) is 6.04 Å². The molecule has 1 aromatic heterocycles. The lowest BCUT2D eigenvalue weighted by Gasteiger charge is -2.20. The van der Waals surface area contributed by atoms with Gasteiger partial charge in [-0.15, -0.1) is 0 Å². The lowest BCUT2D eigenvalue weighted by Crippen LogP contribution is -2.17. The molecule has 3 aromatic rings. The van der Waals surface area contributed by atoms with Crippen LogP contribution in [0.4, 0.5) is 0 Å². The van der Waals surface area contributed by atoms with Gasteiger partial charge in [-0.1, -0.05) is 49.1 Å². The molecule has 0 spiro atoms. The molecule has 0 radical (unpaired) electrons. The fourth-order valence-corrected chi connectivity index (χ4v) is 3.08. The van der Waals surface area contributed by atoms with Gasteiger partial charge in [-0.3, -0.25) is 0 Å². The van der Waals surface area contributed by atoms with Crippen molar-refractivity contribution in [1.82, 2.24) is 5.32 Å². The molecule has 2 aromatic carbocycles. The maximum absolute atomic E-state index is 6.16. The van der Waals surface area contributed by atoms with Crippen molar-refractivity contribution in [3.05, 3.63) is 78.0 Å². The van der Waals surface area contributed by atoms with Crippen molar-refractivity contribution in [2.24, 2.45) is 0 Å². The Labute approximate surface area is 129 Å². The Balaban J connectivity index is 2.02. The predicted molar refractivity (Wildman–Crippen MR) is 92.6 cm³/mol. The second kappa shape index (κ2) is 4.92. The summed E-state index contributed by atoms with van der Waals surface area (Å²) in [6.07, 6.45) is 8.24. The zero-order valence-corrected chi connectivity index (χ0v) is 12.5. The Bertz CT molecular complexity index is 943. The van der Waals surface area contributed by atoms with Crippen molar-refractivity contribution in [3.8, 4) is 0 Å². The van der Waals surface area contributed by atoms with Gasteiger partial charge in [0, 0.05) is 22.5 Å². The van der Waals surface area contributed by atoms with Gasteiger partial charge in [-0.25, -0.2) is 0 Å². The van der Waals surface area contributed by atoms with Gasteiger partial charge in [0.25, 0.3) is 0 Å². The lowest BCUT2D eigenvalue weighted by molar-refractivity contribution is 0.647. The molecule has 1 atom stereocenters. The molecule has 0 saturated heterocycles. The molecule has 2 heteroatoms. The zero-order valence-electron chi connectivity index (χ0n) is 12.5. The Hall–Kier alpha value is -2.74. The van der Waals surface area contributed by atoms with E-state index < -0.39 is 0 Å². The first-order valence-electron chi connectivity index (χ1n) is 7.45. The van der Waals surface area contributed by atoms with Crippen LogP contribution in [0.25, 0.3) is 28.0 Å². The van der Waals surface area contributed by atoms with E-state index >= 15 is 0 Å². The van der Waals surface area contributed by atoms with E-state index in [0.717, 1.165) is 33.1 Å². The van der Waals surface area contributed by atoms with Crippen LogP contribution in [0.1, 0.15) is 24.1 Å². The number of fused-ring (bicyclic) bond motifs is 3. The number of para-hydroxylation sites is 1.